The van der Waals surface area contributed by atoms with E-state index in [0.29, 0.717) is 55.4 Å². The summed E-state index contributed by atoms with van der Waals surface area (Å²) in [6.07, 6.45) is 5.46. The van der Waals surface area contributed by atoms with Gasteiger partial charge in [0.15, 0.2) is 0 Å². The van der Waals surface area contributed by atoms with Crippen molar-refractivity contribution in [1.82, 2.24) is 30.0 Å². The average Bonchev–Trinajstić information content (AvgIpc) is 3.50. The second-order valence-corrected chi connectivity index (χ2v) is 16.5. The Morgan fingerprint density at radius 2 is 1.66 bits per heavy atom. The molecule has 5 aliphatic rings. The number of anilines is 4. The third-order valence-corrected chi connectivity index (χ3v) is 12.8. The highest BCUT2D eigenvalue weighted by molar-refractivity contribution is 6.23. The first-order valence-electron chi connectivity index (χ1n) is 20.9. The van der Waals surface area contributed by atoms with Crippen LogP contribution in [-0.2, 0) is 9.59 Å². The number of imide groups is 2. The van der Waals surface area contributed by atoms with Gasteiger partial charge in [-0.3, -0.25) is 39.3 Å². The number of carbonyl (C=O) groups is 5. The number of fused-ring (bicyclic) bond motifs is 2. The van der Waals surface area contributed by atoms with Crippen LogP contribution in [0.4, 0.5) is 32.1 Å². The van der Waals surface area contributed by atoms with Gasteiger partial charge in [-0.2, -0.15) is 5.26 Å². The molecule has 61 heavy (non-hydrogen) atoms. The van der Waals surface area contributed by atoms with Crippen LogP contribution in [0, 0.1) is 23.1 Å². The number of nitriles is 1. The first-order valence-corrected chi connectivity index (χ1v) is 20.9. The van der Waals surface area contributed by atoms with Crippen LogP contribution in [0.2, 0.25) is 0 Å². The lowest BCUT2D eigenvalue weighted by Crippen LogP contribution is -2.54. The number of aromatic nitrogens is 2. The number of benzene rings is 2. The van der Waals surface area contributed by atoms with E-state index in [4.69, 9.17) is 4.98 Å². The molecule has 0 saturated carbocycles. The summed E-state index contributed by atoms with van der Waals surface area (Å²) in [5, 5.41) is 15.7. The predicted molar refractivity (Wildman–Crippen MR) is 225 cm³/mol. The Bertz CT molecular complexity index is 2460. The number of halogens is 1. The Labute approximate surface area is 351 Å². The molecule has 2 N–H and O–H groups in total. The van der Waals surface area contributed by atoms with Crippen LogP contribution in [0.3, 0.4) is 0 Å². The van der Waals surface area contributed by atoms with E-state index in [0.717, 1.165) is 73.4 Å². The van der Waals surface area contributed by atoms with E-state index in [-0.39, 0.29) is 41.7 Å². The van der Waals surface area contributed by atoms with Crippen molar-refractivity contribution in [3.05, 3.63) is 83.4 Å². The van der Waals surface area contributed by atoms with Crippen molar-refractivity contribution < 1.29 is 28.4 Å². The lowest BCUT2D eigenvalue weighted by atomic mass is 9.96. The number of piperazine rings is 2. The van der Waals surface area contributed by atoms with Crippen LogP contribution in [0.25, 0.3) is 10.9 Å². The topological polar surface area (TPSA) is 178 Å². The Hall–Kier alpha value is -6.67. The maximum atomic E-state index is 15.5. The van der Waals surface area contributed by atoms with Crippen LogP contribution in [0.5, 0.6) is 0 Å². The van der Waals surface area contributed by atoms with Gasteiger partial charge in [0.1, 0.15) is 23.7 Å². The molecule has 1 unspecified atom stereocenters. The van der Waals surface area contributed by atoms with Crippen molar-refractivity contribution in [3.63, 3.8) is 0 Å². The molecule has 4 aromatic rings. The number of nitrogens with one attached hydrogen (secondary N) is 2. The summed E-state index contributed by atoms with van der Waals surface area (Å²) in [6, 6.07) is 15.0. The monoisotopic (exact) mass is 827 g/mol. The normalized spacial score (nSPS) is 21.5. The molecule has 314 valence electrons. The second kappa shape index (κ2) is 16.4. The Kier molecular flexibility index (Phi) is 10.7. The highest BCUT2D eigenvalue weighted by Gasteiger charge is 2.45. The highest BCUT2D eigenvalue weighted by Crippen LogP contribution is 2.34. The molecule has 0 bridgehead atoms. The average molecular weight is 828 g/mol. The van der Waals surface area contributed by atoms with E-state index in [1.54, 1.807) is 12.4 Å². The van der Waals surface area contributed by atoms with E-state index < -0.39 is 35.5 Å². The first-order chi connectivity index (χ1) is 29.6. The molecule has 4 saturated heterocycles. The number of amides is 6. The number of carbonyl (C=O) groups excluding carboxylic acids is 5. The second-order valence-electron chi connectivity index (χ2n) is 16.5. The first kappa shape index (κ1) is 39.8. The smallest absolute Gasteiger partial charge is 0.322 e. The largest absolute Gasteiger partial charge is 0.367 e. The van der Waals surface area contributed by atoms with Crippen molar-refractivity contribution in [2.45, 2.75) is 44.7 Å². The minimum Gasteiger partial charge on any atom is -0.367 e. The molecule has 5 aliphatic heterocycles. The van der Waals surface area contributed by atoms with Crippen molar-refractivity contribution >= 4 is 63.4 Å². The number of piperidine rings is 2. The summed E-state index contributed by atoms with van der Waals surface area (Å²) < 4.78 is 15.5. The Morgan fingerprint density at radius 1 is 0.885 bits per heavy atom. The van der Waals surface area contributed by atoms with E-state index >= 15 is 4.39 Å². The van der Waals surface area contributed by atoms with Crippen molar-refractivity contribution in [2.75, 3.05) is 85.5 Å². The third-order valence-electron chi connectivity index (χ3n) is 12.8. The molecule has 4 fully saturated rings. The van der Waals surface area contributed by atoms with Crippen LogP contribution in [0.15, 0.2) is 60.9 Å². The summed E-state index contributed by atoms with van der Waals surface area (Å²) in [6.45, 7) is 9.03. The summed E-state index contributed by atoms with van der Waals surface area (Å²) in [7, 11) is 0. The molecule has 0 spiro atoms. The van der Waals surface area contributed by atoms with Gasteiger partial charge >= 0.3 is 6.03 Å². The molecule has 16 nitrogen and oxygen atoms in total. The molecule has 2 aromatic carbocycles. The van der Waals surface area contributed by atoms with Crippen LogP contribution < -0.4 is 25.3 Å². The lowest BCUT2D eigenvalue weighted by Gasteiger charge is -2.41. The molecule has 17 heteroatoms. The van der Waals surface area contributed by atoms with Gasteiger partial charge < -0.3 is 24.9 Å². The summed E-state index contributed by atoms with van der Waals surface area (Å²) in [5.41, 5.74) is 3.13. The number of urea groups is 1. The maximum absolute atomic E-state index is 15.5. The third kappa shape index (κ3) is 7.67. The standard InChI is InChI=1S/C44H46FN11O5/c1-27-25-54(19-20-55(27)35-6-4-29(23-46)40-31(35)3-2-12-47-40)44(61)49-30-5-8-38(48-24-30)53-13-10-28(11-14-53)26-51-15-17-52(18-16-51)37-22-33-32(21-34(37)45)42(59)56(43(33)60)36-7-9-39(57)50-41(36)58/h2-6,8,12,21-22,24,27-28,36H,7,9-11,13-20,25-26H2,1H3,(H,49,61)(H,50,57,58)/t27-,36?/m0/s1. The van der Waals surface area contributed by atoms with Crippen LogP contribution in [-0.4, -0.2) is 132 Å². The summed E-state index contributed by atoms with van der Waals surface area (Å²) >= 11 is 0. The quantitative estimate of drug-likeness (QED) is 0.258. The van der Waals surface area contributed by atoms with Crippen molar-refractivity contribution in [1.29, 1.82) is 5.26 Å². The molecule has 2 atom stereocenters. The SMILES string of the molecule is C[C@H]1CN(C(=O)Nc2ccc(N3CCC(CN4CCN(c5cc6c(cc5F)C(=O)N(C5CCC(=O)NC5=O)C6=O)CC4)CC3)nc2)CCN1c1ccc(C#N)c2ncccc12. The number of hydrogen-bond acceptors (Lipinski definition) is 12. The van der Waals surface area contributed by atoms with Gasteiger partial charge in [-0.05, 0) is 80.6 Å². The minimum atomic E-state index is -1.10. The Morgan fingerprint density at radius 3 is 2.36 bits per heavy atom. The molecular weight excluding hydrogens is 782 g/mol. The molecule has 0 radical (unpaired) electrons. The molecule has 2 aromatic heterocycles. The molecular formula is C44H46FN11O5. The lowest BCUT2D eigenvalue weighted by molar-refractivity contribution is -0.136. The zero-order chi connectivity index (χ0) is 42.4. The minimum absolute atomic E-state index is 0.0154. The van der Waals surface area contributed by atoms with Crippen molar-refractivity contribution in [3.8, 4) is 6.07 Å². The molecule has 7 heterocycles. The zero-order valence-corrected chi connectivity index (χ0v) is 33.8. The number of hydrogen-bond donors (Lipinski definition) is 2. The molecule has 0 aliphatic carbocycles. The predicted octanol–water partition coefficient (Wildman–Crippen LogP) is 3.82. The fourth-order valence-corrected chi connectivity index (χ4v) is 9.45. The van der Waals surface area contributed by atoms with E-state index in [1.807, 2.05) is 46.2 Å². The Balaban J connectivity index is 0.728. The van der Waals surface area contributed by atoms with Gasteiger partial charge in [-0.15, -0.1) is 0 Å². The maximum Gasteiger partial charge on any atom is 0.322 e. The van der Waals surface area contributed by atoms with E-state index in [2.05, 4.69) is 43.3 Å². The zero-order valence-electron chi connectivity index (χ0n) is 33.8. The molecule has 9 rings (SSSR count). The number of nitrogens with zero attached hydrogens (tertiary/aromatic N) is 9. The summed E-state index contributed by atoms with van der Waals surface area (Å²) in [4.78, 5) is 84.5. The van der Waals surface area contributed by atoms with E-state index in [9.17, 15) is 29.2 Å². The van der Waals surface area contributed by atoms with Gasteiger partial charge in [0.05, 0.1) is 39.8 Å². The van der Waals surface area contributed by atoms with Gasteiger partial charge in [-0.1, -0.05) is 0 Å². The summed E-state index contributed by atoms with van der Waals surface area (Å²) in [5.74, 6) is -1.75. The van der Waals surface area contributed by atoms with Crippen LogP contribution in [0.1, 0.15) is 58.9 Å². The number of pyridine rings is 2. The molecule has 6 amide bonds. The van der Waals surface area contributed by atoms with Gasteiger partial charge in [0.25, 0.3) is 11.8 Å². The van der Waals surface area contributed by atoms with Gasteiger partial charge in [-0.25, -0.2) is 14.2 Å². The van der Waals surface area contributed by atoms with Crippen LogP contribution >= 0.6 is 0 Å². The fourth-order valence-electron chi connectivity index (χ4n) is 9.45. The highest BCUT2D eigenvalue weighted by atomic mass is 19.1. The number of rotatable bonds is 7. The van der Waals surface area contributed by atoms with Crippen molar-refractivity contribution in [2.24, 2.45) is 5.92 Å². The van der Waals surface area contributed by atoms with E-state index in [1.165, 1.54) is 6.07 Å². The van der Waals surface area contributed by atoms with Gasteiger partial charge in [0, 0.05) is 95.2 Å². The fraction of sp³-hybridized carbons (Fsp3) is 0.409. The van der Waals surface area contributed by atoms with Gasteiger partial charge in [0.2, 0.25) is 11.8 Å².